The van der Waals surface area contributed by atoms with Crippen molar-refractivity contribution in [1.29, 1.82) is 0 Å². The van der Waals surface area contributed by atoms with Crippen molar-refractivity contribution >= 4 is 17.8 Å². The molecule has 2 amide bonds. The van der Waals surface area contributed by atoms with Gasteiger partial charge in [0.05, 0.1) is 12.0 Å². The highest BCUT2D eigenvalue weighted by Gasteiger charge is 2.37. The van der Waals surface area contributed by atoms with Crippen LogP contribution >= 0.6 is 0 Å². The second-order valence-electron chi connectivity index (χ2n) is 6.72. The Kier molecular flexibility index (Phi) is 5.59. The molecule has 3 N–H and O–H groups in total. The summed E-state index contributed by atoms with van der Waals surface area (Å²) in [5.41, 5.74) is 0.255. The maximum absolute atomic E-state index is 12.4. The summed E-state index contributed by atoms with van der Waals surface area (Å²) in [6.45, 7) is 3.76. The van der Waals surface area contributed by atoms with E-state index in [0.29, 0.717) is 24.0 Å². The molecule has 6 heteroatoms. The Balaban J connectivity index is 2.06. The number of amides is 2. The molecule has 0 heterocycles. The number of aliphatic carboxylic acids is 1. The summed E-state index contributed by atoms with van der Waals surface area (Å²) < 4.78 is 0. The predicted molar refractivity (Wildman–Crippen MR) is 90.0 cm³/mol. The number of hydrogen-bond acceptors (Lipinski definition) is 3. The van der Waals surface area contributed by atoms with Crippen LogP contribution in [0.2, 0.25) is 0 Å². The van der Waals surface area contributed by atoms with Gasteiger partial charge >= 0.3 is 5.97 Å². The Bertz CT molecular complexity index is 616. The van der Waals surface area contributed by atoms with Gasteiger partial charge in [-0.1, -0.05) is 12.8 Å². The molecule has 0 saturated heterocycles. The monoisotopic (exact) mass is 332 g/mol. The van der Waals surface area contributed by atoms with Crippen molar-refractivity contribution in [2.45, 2.75) is 57.5 Å². The summed E-state index contributed by atoms with van der Waals surface area (Å²) in [4.78, 5) is 35.4. The van der Waals surface area contributed by atoms with Crippen molar-refractivity contribution in [1.82, 2.24) is 10.6 Å². The maximum atomic E-state index is 12.4. The topological polar surface area (TPSA) is 95.5 Å². The van der Waals surface area contributed by atoms with Crippen LogP contribution in [-0.2, 0) is 4.79 Å². The lowest BCUT2D eigenvalue weighted by atomic mass is 9.92. The van der Waals surface area contributed by atoms with E-state index in [1.807, 2.05) is 13.8 Å². The highest BCUT2D eigenvalue weighted by Crippen LogP contribution is 2.33. The largest absolute Gasteiger partial charge is 0.481 e. The molecule has 130 valence electrons. The van der Waals surface area contributed by atoms with Crippen LogP contribution in [0.15, 0.2) is 24.3 Å². The number of nitrogens with one attached hydrogen (secondary N) is 2. The SMILES string of the molecule is CC(C)NC(=O)c1ccc(C(=O)NC2(CC(=O)O)CCCC2)cc1. The summed E-state index contributed by atoms with van der Waals surface area (Å²) in [5, 5.41) is 14.8. The third-order valence-corrected chi connectivity index (χ3v) is 4.26. The van der Waals surface area contributed by atoms with Crippen molar-refractivity contribution in [3.05, 3.63) is 35.4 Å². The van der Waals surface area contributed by atoms with Crippen LogP contribution in [0.5, 0.6) is 0 Å². The van der Waals surface area contributed by atoms with Gasteiger partial charge in [0, 0.05) is 17.2 Å². The molecular formula is C18H24N2O4. The fraction of sp³-hybridized carbons (Fsp3) is 0.500. The minimum atomic E-state index is -0.905. The lowest BCUT2D eigenvalue weighted by Gasteiger charge is -2.28. The number of rotatable bonds is 6. The molecule has 0 unspecified atom stereocenters. The standard InChI is InChI=1S/C18H24N2O4/c1-12(2)19-16(23)13-5-7-14(8-6-13)17(24)20-18(11-15(21)22)9-3-4-10-18/h5-8,12H,3-4,9-11H2,1-2H3,(H,19,23)(H,20,24)(H,21,22). The lowest BCUT2D eigenvalue weighted by molar-refractivity contribution is -0.138. The Morgan fingerprint density at radius 2 is 1.54 bits per heavy atom. The molecule has 1 aromatic carbocycles. The zero-order valence-corrected chi connectivity index (χ0v) is 14.1. The zero-order valence-electron chi connectivity index (χ0n) is 14.1. The minimum Gasteiger partial charge on any atom is -0.481 e. The first kappa shape index (κ1) is 18.0. The first-order chi connectivity index (χ1) is 11.3. The van der Waals surface area contributed by atoms with Gasteiger partial charge in [-0.2, -0.15) is 0 Å². The van der Waals surface area contributed by atoms with Gasteiger partial charge in [0.1, 0.15) is 0 Å². The second kappa shape index (κ2) is 7.47. The summed E-state index contributed by atoms with van der Waals surface area (Å²) in [7, 11) is 0. The first-order valence-corrected chi connectivity index (χ1v) is 8.26. The van der Waals surface area contributed by atoms with Crippen LogP contribution in [0, 0.1) is 0 Å². The molecule has 1 aliphatic carbocycles. The molecule has 1 aliphatic rings. The molecule has 0 spiro atoms. The second-order valence-corrected chi connectivity index (χ2v) is 6.72. The normalized spacial score (nSPS) is 16.0. The fourth-order valence-electron chi connectivity index (χ4n) is 3.12. The van der Waals surface area contributed by atoms with Gasteiger partial charge in [0.15, 0.2) is 0 Å². The van der Waals surface area contributed by atoms with Crippen LogP contribution in [0.4, 0.5) is 0 Å². The molecule has 2 rings (SSSR count). The molecule has 0 atom stereocenters. The molecule has 1 fully saturated rings. The molecule has 1 saturated carbocycles. The van der Waals surface area contributed by atoms with Crippen molar-refractivity contribution < 1.29 is 19.5 Å². The van der Waals surface area contributed by atoms with Gasteiger partial charge in [0.25, 0.3) is 11.8 Å². The average Bonchev–Trinajstić information content (AvgIpc) is 2.93. The quantitative estimate of drug-likeness (QED) is 0.745. The van der Waals surface area contributed by atoms with Crippen molar-refractivity contribution in [3.63, 3.8) is 0 Å². The van der Waals surface area contributed by atoms with Crippen molar-refractivity contribution in [2.24, 2.45) is 0 Å². The van der Waals surface area contributed by atoms with E-state index < -0.39 is 11.5 Å². The lowest BCUT2D eigenvalue weighted by Crippen LogP contribution is -2.47. The van der Waals surface area contributed by atoms with Gasteiger partial charge in [-0.3, -0.25) is 14.4 Å². The Labute approximate surface area is 141 Å². The van der Waals surface area contributed by atoms with E-state index >= 15 is 0 Å². The smallest absolute Gasteiger partial charge is 0.305 e. The summed E-state index contributed by atoms with van der Waals surface area (Å²) >= 11 is 0. The van der Waals surface area contributed by atoms with E-state index in [0.717, 1.165) is 12.8 Å². The zero-order chi connectivity index (χ0) is 17.7. The van der Waals surface area contributed by atoms with E-state index in [9.17, 15) is 14.4 Å². The number of carbonyl (C=O) groups excluding carboxylic acids is 2. The van der Waals surface area contributed by atoms with Gasteiger partial charge in [-0.05, 0) is 51.0 Å². The number of carboxylic acids is 1. The fourth-order valence-corrected chi connectivity index (χ4v) is 3.12. The number of carboxylic acid groups (broad SMARTS) is 1. The maximum Gasteiger partial charge on any atom is 0.305 e. The van der Waals surface area contributed by atoms with Crippen LogP contribution in [0.3, 0.4) is 0 Å². The Hall–Kier alpha value is -2.37. The van der Waals surface area contributed by atoms with E-state index in [4.69, 9.17) is 5.11 Å². The minimum absolute atomic E-state index is 0.0405. The van der Waals surface area contributed by atoms with Crippen LogP contribution in [-0.4, -0.2) is 34.5 Å². The molecule has 1 aromatic rings. The van der Waals surface area contributed by atoms with Crippen molar-refractivity contribution in [3.8, 4) is 0 Å². The molecular weight excluding hydrogens is 308 g/mol. The third-order valence-electron chi connectivity index (χ3n) is 4.26. The van der Waals surface area contributed by atoms with Gasteiger partial charge < -0.3 is 15.7 Å². The van der Waals surface area contributed by atoms with Gasteiger partial charge in [-0.15, -0.1) is 0 Å². The van der Waals surface area contributed by atoms with Crippen LogP contribution in [0.25, 0.3) is 0 Å². The summed E-state index contributed by atoms with van der Waals surface area (Å²) in [6.07, 6.45) is 3.14. The summed E-state index contributed by atoms with van der Waals surface area (Å²) in [6, 6.07) is 6.43. The number of carbonyl (C=O) groups is 3. The van der Waals surface area contributed by atoms with E-state index in [-0.39, 0.29) is 24.3 Å². The van der Waals surface area contributed by atoms with Gasteiger partial charge in [0.2, 0.25) is 0 Å². The van der Waals surface area contributed by atoms with E-state index in [1.165, 1.54) is 0 Å². The van der Waals surface area contributed by atoms with Crippen molar-refractivity contribution in [2.75, 3.05) is 0 Å². The molecule has 24 heavy (non-hydrogen) atoms. The van der Waals surface area contributed by atoms with E-state index in [1.54, 1.807) is 24.3 Å². The third kappa shape index (κ3) is 4.57. The Morgan fingerprint density at radius 1 is 1.04 bits per heavy atom. The average molecular weight is 332 g/mol. The number of benzene rings is 1. The molecule has 0 radical (unpaired) electrons. The highest BCUT2D eigenvalue weighted by atomic mass is 16.4. The van der Waals surface area contributed by atoms with E-state index in [2.05, 4.69) is 10.6 Å². The van der Waals surface area contributed by atoms with Crippen LogP contribution in [0.1, 0.15) is 66.7 Å². The predicted octanol–water partition coefficient (Wildman–Crippen LogP) is 2.34. The van der Waals surface area contributed by atoms with Crippen LogP contribution < -0.4 is 10.6 Å². The highest BCUT2D eigenvalue weighted by molar-refractivity contribution is 5.98. The number of hydrogen-bond donors (Lipinski definition) is 3. The van der Waals surface area contributed by atoms with Gasteiger partial charge in [-0.25, -0.2) is 0 Å². The first-order valence-electron chi connectivity index (χ1n) is 8.26. The summed E-state index contributed by atoms with van der Waals surface area (Å²) in [5.74, 6) is -1.39. The Morgan fingerprint density at radius 3 is 2.00 bits per heavy atom. The molecule has 0 aliphatic heterocycles. The molecule has 0 aromatic heterocycles. The molecule has 0 bridgehead atoms. The molecule has 6 nitrogen and oxygen atoms in total.